The molecule has 2 heterocycles. The lowest BCUT2D eigenvalue weighted by molar-refractivity contribution is -0.384. The number of nitrogens with one attached hydrogen (secondary N) is 1. The van der Waals surface area contributed by atoms with Crippen LogP contribution in [-0.4, -0.2) is 14.7 Å². The summed E-state index contributed by atoms with van der Waals surface area (Å²) in [6.07, 6.45) is 6.86. The minimum Gasteiger partial charge on any atom is -0.361 e. The van der Waals surface area contributed by atoms with Crippen LogP contribution in [0.1, 0.15) is 46.0 Å². The van der Waals surface area contributed by atoms with Crippen LogP contribution in [0.25, 0.3) is 11.3 Å². The fourth-order valence-corrected chi connectivity index (χ4v) is 3.31. The third kappa shape index (κ3) is 2.69. The molecule has 3 rings (SSSR count). The summed E-state index contributed by atoms with van der Waals surface area (Å²) in [4.78, 5) is 11.0. The van der Waals surface area contributed by atoms with Crippen molar-refractivity contribution in [1.82, 2.24) is 9.78 Å². The molecule has 6 nitrogen and oxygen atoms in total. The molecular formula is C17H22N4O2. The molecular weight excluding hydrogens is 292 g/mol. The number of nitrogens with zero attached hydrogens (tertiary/aromatic N) is 3. The summed E-state index contributed by atoms with van der Waals surface area (Å²) in [6.45, 7) is 4.25. The summed E-state index contributed by atoms with van der Waals surface area (Å²) in [5.74, 6) is 0. The molecule has 0 radical (unpaired) electrons. The smallest absolute Gasteiger partial charge is 0.315 e. The van der Waals surface area contributed by atoms with Crippen LogP contribution in [-0.2, 0) is 5.66 Å². The zero-order valence-corrected chi connectivity index (χ0v) is 13.6. The predicted octanol–water partition coefficient (Wildman–Crippen LogP) is 4.53. The van der Waals surface area contributed by atoms with Crippen molar-refractivity contribution in [3.63, 3.8) is 0 Å². The topological polar surface area (TPSA) is 73.0 Å². The van der Waals surface area contributed by atoms with Gasteiger partial charge in [-0.25, -0.2) is 4.68 Å². The minimum absolute atomic E-state index is 0.0683. The monoisotopic (exact) mass is 314 g/mol. The summed E-state index contributed by atoms with van der Waals surface area (Å²) in [7, 11) is 0. The largest absolute Gasteiger partial charge is 0.361 e. The molecule has 2 aromatic rings. The number of unbranched alkanes of at least 4 members (excludes halogenated alkanes) is 3. The first-order valence-corrected chi connectivity index (χ1v) is 8.17. The van der Waals surface area contributed by atoms with Gasteiger partial charge in [-0.05, 0) is 25.8 Å². The molecule has 0 saturated carbocycles. The van der Waals surface area contributed by atoms with Crippen LogP contribution in [0, 0.1) is 10.1 Å². The molecule has 0 fully saturated rings. The highest BCUT2D eigenvalue weighted by atomic mass is 16.6. The Morgan fingerprint density at radius 3 is 2.83 bits per heavy atom. The molecule has 1 unspecified atom stereocenters. The Kier molecular flexibility index (Phi) is 4.07. The molecule has 0 amide bonds. The number of hydrogen-bond donors (Lipinski definition) is 1. The van der Waals surface area contributed by atoms with Gasteiger partial charge >= 0.3 is 5.69 Å². The third-order valence-electron chi connectivity index (χ3n) is 4.52. The van der Waals surface area contributed by atoms with E-state index in [4.69, 9.17) is 0 Å². The average molecular weight is 314 g/mol. The van der Waals surface area contributed by atoms with Crippen LogP contribution in [0.4, 0.5) is 11.4 Å². The Hall–Kier alpha value is -2.37. The van der Waals surface area contributed by atoms with Crippen LogP contribution >= 0.6 is 0 Å². The highest BCUT2D eigenvalue weighted by molar-refractivity contribution is 5.83. The summed E-state index contributed by atoms with van der Waals surface area (Å²) >= 11 is 0. The SMILES string of the molecule is CCCCCCC1(C)Nc2ccccc2-c2c([N+](=O)[O-])cnn21. The van der Waals surface area contributed by atoms with Crippen molar-refractivity contribution in [3.05, 3.63) is 40.6 Å². The molecule has 6 heteroatoms. The Labute approximate surface area is 135 Å². The van der Waals surface area contributed by atoms with Crippen molar-refractivity contribution in [3.8, 4) is 11.3 Å². The first-order valence-electron chi connectivity index (χ1n) is 8.17. The van der Waals surface area contributed by atoms with Gasteiger partial charge in [-0.1, -0.05) is 44.4 Å². The van der Waals surface area contributed by atoms with Crippen molar-refractivity contribution >= 4 is 11.4 Å². The maximum absolute atomic E-state index is 11.4. The number of aromatic nitrogens is 2. The standard InChI is InChI=1S/C17H22N4O2/c1-3-4-5-8-11-17(2)19-14-10-7-6-9-13(14)16-15(21(22)23)12-18-20(16)17/h6-7,9-10,12,19H,3-5,8,11H2,1-2H3. The zero-order chi connectivity index (χ0) is 16.4. The molecule has 1 aromatic carbocycles. The quantitative estimate of drug-likeness (QED) is 0.483. The maximum atomic E-state index is 11.4. The molecule has 1 atom stereocenters. The van der Waals surface area contributed by atoms with E-state index in [1.165, 1.54) is 19.0 Å². The number of para-hydroxylation sites is 1. The van der Waals surface area contributed by atoms with E-state index in [0.29, 0.717) is 5.69 Å². The van der Waals surface area contributed by atoms with Crippen LogP contribution in [0.15, 0.2) is 30.5 Å². The number of rotatable bonds is 6. The van der Waals surface area contributed by atoms with E-state index in [0.717, 1.165) is 30.5 Å². The van der Waals surface area contributed by atoms with E-state index in [1.807, 2.05) is 24.3 Å². The van der Waals surface area contributed by atoms with Gasteiger partial charge in [0.15, 0.2) is 5.69 Å². The van der Waals surface area contributed by atoms with Gasteiger partial charge < -0.3 is 5.32 Å². The zero-order valence-electron chi connectivity index (χ0n) is 13.6. The molecule has 0 aliphatic carbocycles. The highest BCUT2D eigenvalue weighted by Gasteiger charge is 2.38. The molecule has 1 aliphatic rings. The Balaban J connectivity index is 2.02. The van der Waals surface area contributed by atoms with Gasteiger partial charge in [0.25, 0.3) is 0 Å². The van der Waals surface area contributed by atoms with Crippen LogP contribution in [0.5, 0.6) is 0 Å². The van der Waals surface area contributed by atoms with Gasteiger partial charge in [-0.2, -0.15) is 5.10 Å². The number of hydrogen-bond acceptors (Lipinski definition) is 4. The average Bonchev–Trinajstić information content (AvgIpc) is 2.98. The van der Waals surface area contributed by atoms with Gasteiger partial charge in [0, 0.05) is 11.3 Å². The normalized spacial score (nSPS) is 18.9. The van der Waals surface area contributed by atoms with E-state index in [2.05, 4.69) is 24.3 Å². The van der Waals surface area contributed by atoms with Gasteiger partial charge in [0.2, 0.25) is 0 Å². The first kappa shape index (κ1) is 15.5. The van der Waals surface area contributed by atoms with Crippen LogP contribution in [0.2, 0.25) is 0 Å². The molecule has 0 bridgehead atoms. The van der Waals surface area contributed by atoms with Crippen molar-refractivity contribution in [2.75, 3.05) is 5.32 Å². The molecule has 1 N–H and O–H groups in total. The second kappa shape index (κ2) is 6.02. The first-order chi connectivity index (χ1) is 11.1. The van der Waals surface area contributed by atoms with E-state index in [9.17, 15) is 10.1 Å². The molecule has 122 valence electrons. The summed E-state index contributed by atoms with van der Waals surface area (Å²) in [5.41, 5.74) is 2.00. The summed E-state index contributed by atoms with van der Waals surface area (Å²) in [5, 5.41) is 19.3. The second-order valence-electron chi connectivity index (χ2n) is 6.30. The van der Waals surface area contributed by atoms with Crippen molar-refractivity contribution in [2.45, 2.75) is 51.6 Å². The summed E-state index contributed by atoms with van der Waals surface area (Å²) < 4.78 is 1.79. The molecule has 23 heavy (non-hydrogen) atoms. The number of nitro groups is 1. The van der Waals surface area contributed by atoms with Crippen molar-refractivity contribution < 1.29 is 4.92 Å². The van der Waals surface area contributed by atoms with Crippen LogP contribution in [0.3, 0.4) is 0 Å². The van der Waals surface area contributed by atoms with Gasteiger partial charge in [0.1, 0.15) is 11.9 Å². The fraction of sp³-hybridized carbons (Fsp3) is 0.471. The number of fused-ring (bicyclic) bond motifs is 3. The van der Waals surface area contributed by atoms with Crippen LogP contribution < -0.4 is 5.32 Å². The third-order valence-corrected chi connectivity index (χ3v) is 4.52. The highest BCUT2D eigenvalue weighted by Crippen LogP contribution is 2.44. The van der Waals surface area contributed by atoms with Gasteiger partial charge in [-0.15, -0.1) is 0 Å². The minimum atomic E-state index is -0.439. The number of benzene rings is 1. The Morgan fingerprint density at radius 1 is 1.30 bits per heavy atom. The van der Waals surface area contributed by atoms with E-state index in [-0.39, 0.29) is 10.6 Å². The lowest BCUT2D eigenvalue weighted by Crippen LogP contribution is -2.42. The van der Waals surface area contributed by atoms with E-state index in [1.54, 1.807) is 4.68 Å². The Bertz CT molecular complexity index is 725. The maximum Gasteiger partial charge on any atom is 0.315 e. The lowest BCUT2D eigenvalue weighted by atomic mass is 9.96. The molecule has 1 aliphatic heterocycles. The molecule has 0 saturated heterocycles. The van der Waals surface area contributed by atoms with E-state index < -0.39 is 5.66 Å². The van der Waals surface area contributed by atoms with Gasteiger partial charge in [0.05, 0.1) is 4.92 Å². The summed E-state index contributed by atoms with van der Waals surface area (Å²) in [6, 6.07) is 7.71. The van der Waals surface area contributed by atoms with Gasteiger partial charge in [-0.3, -0.25) is 10.1 Å². The molecule has 1 aromatic heterocycles. The second-order valence-corrected chi connectivity index (χ2v) is 6.30. The van der Waals surface area contributed by atoms with E-state index >= 15 is 0 Å². The van der Waals surface area contributed by atoms with Crippen molar-refractivity contribution in [2.24, 2.45) is 0 Å². The van der Waals surface area contributed by atoms with Crippen molar-refractivity contribution in [1.29, 1.82) is 0 Å². The Morgan fingerprint density at radius 2 is 2.09 bits per heavy atom. The lowest BCUT2D eigenvalue weighted by Gasteiger charge is -2.38. The number of anilines is 1. The fourth-order valence-electron chi connectivity index (χ4n) is 3.31. The predicted molar refractivity (Wildman–Crippen MR) is 90.3 cm³/mol. The molecule has 0 spiro atoms.